The Morgan fingerprint density at radius 1 is 1.26 bits per heavy atom. The number of likely N-dealkylation sites (N-methyl/N-ethyl adjacent to an activating group) is 1. The minimum Gasteiger partial charge on any atom is -0.461 e. The lowest BCUT2D eigenvalue weighted by Crippen LogP contribution is -2.36. The van der Waals surface area contributed by atoms with Crippen molar-refractivity contribution in [1.82, 2.24) is 10.2 Å². The van der Waals surface area contributed by atoms with Crippen LogP contribution in [0.1, 0.15) is 50.5 Å². The van der Waals surface area contributed by atoms with Crippen LogP contribution < -0.4 is 5.32 Å². The molecule has 1 aliphatic rings. The first-order valence-corrected chi connectivity index (χ1v) is 11.1. The van der Waals surface area contributed by atoms with Crippen LogP contribution in [0, 0.1) is 21.4 Å². The van der Waals surface area contributed by atoms with E-state index in [1.54, 1.807) is 26.3 Å². The number of benzene rings is 1. The number of nitrogens with one attached hydrogen (secondary N) is 1. The van der Waals surface area contributed by atoms with Crippen LogP contribution in [-0.2, 0) is 19.1 Å². The molecule has 0 bridgehead atoms. The second-order valence-corrected chi connectivity index (χ2v) is 7.73. The summed E-state index contributed by atoms with van der Waals surface area (Å²) in [6.45, 7) is 2.45. The number of nitro groups is 1. The highest BCUT2D eigenvalue weighted by molar-refractivity contribution is 5.93. The topological polar surface area (TPSA) is 135 Å². The number of allylic oxidation sites excluding steroid dienone is 3. The minimum atomic E-state index is -0.681. The lowest BCUT2D eigenvalue weighted by atomic mass is 9.81. The Morgan fingerprint density at radius 2 is 1.97 bits per heavy atom. The number of unbranched alkanes of at least 4 members (excludes halogenated alkanes) is 1. The number of amides is 1. The molecule has 10 nitrogen and oxygen atoms in total. The van der Waals surface area contributed by atoms with E-state index in [-0.39, 0.29) is 18.7 Å². The summed E-state index contributed by atoms with van der Waals surface area (Å²) >= 11 is 0. The van der Waals surface area contributed by atoms with E-state index in [4.69, 9.17) is 14.7 Å². The maximum absolute atomic E-state index is 13.3. The first-order chi connectivity index (χ1) is 16.4. The van der Waals surface area contributed by atoms with Crippen LogP contribution in [0.25, 0.3) is 0 Å². The van der Waals surface area contributed by atoms with Gasteiger partial charge < -0.3 is 19.7 Å². The molecule has 1 aliphatic heterocycles. The van der Waals surface area contributed by atoms with E-state index < -0.39 is 16.8 Å². The van der Waals surface area contributed by atoms with Gasteiger partial charge in [0.2, 0.25) is 6.41 Å². The number of rotatable bonds is 13. The van der Waals surface area contributed by atoms with Crippen LogP contribution in [0.4, 0.5) is 5.69 Å². The molecule has 0 saturated heterocycles. The smallest absolute Gasteiger partial charge is 0.336 e. The van der Waals surface area contributed by atoms with Gasteiger partial charge in [0.25, 0.3) is 5.69 Å². The molecule has 0 aliphatic carbocycles. The van der Waals surface area contributed by atoms with Crippen molar-refractivity contribution in [1.29, 1.82) is 5.26 Å². The highest BCUT2D eigenvalue weighted by Crippen LogP contribution is 2.41. The lowest BCUT2D eigenvalue weighted by molar-refractivity contribution is -0.384. The van der Waals surface area contributed by atoms with E-state index >= 15 is 0 Å². The van der Waals surface area contributed by atoms with Crippen molar-refractivity contribution in [3.8, 4) is 6.07 Å². The third-order valence-electron chi connectivity index (χ3n) is 5.52. The average molecular weight is 471 g/mol. The van der Waals surface area contributed by atoms with Crippen molar-refractivity contribution in [3.63, 3.8) is 0 Å². The third kappa shape index (κ3) is 6.42. The highest BCUT2D eigenvalue weighted by atomic mass is 16.6. The van der Waals surface area contributed by atoms with Gasteiger partial charge in [-0.2, -0.15) is 5.26 Å². The Morgan fingerprint density at radius 3 is 2.53 bits per heavy atom. The molecular weight excluding hydrogens is 440 g/mol. The molecule has 0 radical (unpaired) electrons. The van der Waals surface area contributed by atoms with Gasteiger partial charge in [-0.25, -0.2) is 4.79 Å². The fourth-order valence-corrected chi connectivity index (χ4v) is 3.91. The molecule has 1 N–H and O–H groups in total. The molecule has 1 aromatic carbocycles. The Hall–Kier alpha value is -3.71. The van der Waals surface area contributed by atoms with Gasteiger partial charge in [0.1, 0.15) is 6.61 Å². The summed E-state index contributed by atoms with van der Waals surface area (Å²) in [5, 5.41) is 23.3. The Labute approximate surface area is 199 Å². The van der Waals surface area contributed by atoms with E-state index in [2.05, 4.69) is 5.32 Å². The van der Waals surface area contributed by atoms with Crippen LogP contribution >= 0.6 is 0 Å². The van der Waals surface area contributed by atoms with Gasteiger partial charge in [-0.1, -0.05) is 19.1 Å². The van der Waals surface area contributed by atoms with Gasteiger partial charge in [0.05, 0.1) is 34.6 Å². The number of nitriles is 1. The molecule has 0 spiro atoms. The van der Waals surface area contributed by atoms with E-state index in [1.165, 1.54) is 17.0 Å². The van der Waals surface area contributed by atoms with Crippen molar-refractivity contribution < 1.29 is 24.0 Å². The predicted molar refractivity (Wildman–Crippen MR) is 124 cm³/mol. The minimum absolute atomic E-state index is 0.0506. The van der Waals surface area contributed by atoms with Crippen LogP contribution in [0.15, 0.2) is 46.9 Å². The Balaban J connectivity index is 2.65. The number of ether oxygens (including phenoxy) is 2. The van der Waals surface area contributed by atoms with Gasteiger partial charge in [-0.15, -0.1) is 0 Å². The van der Waals surface area contributed by atoms with Crippen molar-refractivity contribution >= 4 is 18.1 Å². The fraction of sp³-hybridized carbons (Fsp3) is 0.458. The number of methoxy groups -OCH3 is 1. The molecule has 1 atom stereocenters. The molecule has 1 unspecified atom stereocenters. The van der Waals surface area contributed by atoms with E-state index in [0.717, 1.165) is 18.5 Å². The molecule has 1 amide bonds. The number of hydrogen-bond acceptors (Lipinski definition) is 8. The first kappa shape index (κ1) is 26.5. The fourth-order valence-electron chi connectivity index (χ4n) is 3.91. The van der Waals surface area contributed by atoms with Gasteiger partial charge in [0.15, 0.2) is 0 Å². The zero-order chi connectivity index (χ0) is 25.1. The predicted octanol–water partition coefficient (Wildman–Crippen LogP) is 3.52. The lowest BCUT2D eigenvalue weighted by Gasteiger charge is -2.36. The Bertz CT molecular complexity index is 994. The second kappa shape index (κ2) is 13.1. The van der Waals surface area contributed by atoms with Crippen LogP contribution in [-0.4, -0.2) is 49.6 Å². The SMILES string of the molecule is CCC1=C(N(C)C=O)C(c2ccc([N+](=O)[O-])cc2)C(C(=O)OCCC#N)=C(CCCCOC)N1. The molecule has 182 valence electrons. The van der Waals surface area contributed by atoms with E-state index in [9.17, 15) is 19.7 Å². The second-order valence-electron chi connectivity index (χ2n) is 7.73. The largest absolute Gasteiger partial charge is 0.461 e. The van der Waals surface area contributed by atoms with Gasteiger partial charge in [0, 0.05) is 44.3 Å². The van der Waals surface area contributed by atoms with Crippen LogP contribution in [0.2, 0.25) is 0 Å². The number of carbonyl (C=O) groups is 2. The number of nitrogens with zero attached hydrogens (tertiary/aromatic N) is 3. The zero-order valence-electron chi connectivity index (χ0n) is 19.7. The van der Waals surface area contributed by atoms with E-state index in [0.29, 0.717) is 48.4 Å². The van der Waals surface area contributed by atoms with Crippen molar-refractivity contribution in [2.75, 3.05) is 27.4 Å². The molecule has 2 rings (SSSR count). The molecule has 1 aromatic rings. The molecule has 10 heteroatoms. The molecule has 0 aromatic heterocycles. The summed E-state index contributed by atoms with van der Waals surface area (Å²) in [6, 6.07) is 7.87. The molecule has 1 heterocycles. The summed E-state index contributed by atoms with van der Waals surface area (Å²) in [6.07, 6.45) is 3.34. The molecular formula is C24H30N4O6. The Kier molecular flexibility index (Phi) is 10.2. The first-order valence-electron chi connectivity index (χ1n) is 11.1. The van der Waals surface area contributed by atoms with Crippen molar-refractivity contribution in [2.24, 2.45) is 0 Å². The van der Waals surface area contributed by atoms with Gasteiger partial charge in [-0.3, -0.25) is 14.9 Å². The summed E-state index contributed by atoms with van der Waals surface area (Å²) < 4.78 is 10.5. The zero-order valence-corrected chi connectivity index (χ0v) is 19.7. The average Bonchev–Trinajstić information content (AvgIpc) is 2.85. The summed E-state index contributed by atoms with van der Waals surface area (Å²) in [7, 11) is 3.22. The van der Waals surface area contributed by atoms with E-state index in [1.807, 2.05) is 13.0 Å². The van der Waals surface area contributed by atoms with Crippen molar-refractivity contribution in [3.05, 3.63) is 62.6 Å². The number of nitro benzene ring substituents is 1. The highest BCUT2D eigenvalue weighted by Gasteiger charge is 2.37. The molecule has 0 saturated carbocycles. The quantitative estimate of drug-likeness (QED) is 0.152. The number of dihydropyridines is 1. The van der Waals surface area contributed by atoms with Crippen LogP contribution in [0.3, 0.4) is 0 Å². The normalized spacial score (nSPS) is 15.4. The summed E-state index contributed by atoms with van der Waals surface area (Å²) in [5.41, 5.74) is 2.87. The maximum Gasteiger partial charge on any atom is 0.336 e. The van der Waals surface area contributed by atoms with Crippen molar-refractivity contribution in [2.45, 2.75) is 44.9 Å². The maximum atomic E-state index is 13.3. The number of carbonyl (C=O) groups excluding carboxylic acids is 2. The van der Waals surface area contributed by atoms with Gasteiger partial charge in [-0.05, 0) is 31.2 Å². The number of hydrogen-bond donors (Lipinski definition) is 1. The monoisotopic (exact) mass is 470 g/mol. The van der Waals surface area contributed by atoms with Crippen LogP contribution in [0.5, 0.6) is 0 Å². The summed E-state index contributed by atoms with van der Waals surface area (Å²) in [5.74, 6) is -1.28. The number of esters is 1. The summed E-state index contributed by atoms with van der Waals surface area (Å²) in [4.78, 5) is 37.2. The standard InChI is InChI=1S/C24H30N4O6/c1-4-19-23(27(2)16-29)21(17-9-11-18(12-10-17)28(31)32)22(24(30)34-15-7-13-25)20(26-19)8-5-6-14-33-3/h9-12,16,21,26H,4-8,14-15H2,1-3H3. The number of non-ortho nitro benzene ring substituents is 1. The molecule has 34 heavy (non-hydrogen) atoms. The molecule has 0 fully saturated rings. The third-order valence-corrected chi connectivity index (χ3v) is 5.52. The van der Waals surface area contributed by atoms with Gasteiger partial charge >= 0.3 is 5.97 Å².